The Morgan fingerprint density at radius 3 is 2.86 bits per heavy atom. The lowest BCUT2D eigenvalue weighted by atomic mass is 10.3. The van der Waals surface area contributed by atoms with E-state index in [1.165, 1.54) is 18.7 Å². The molecule has 5 nitrogen and oxygen atoms in total. The van der Waals surface area contributed by atoms with Crippen LogP contribution in [0.5, 0.6) is 0 Å². The molecule has 0 saturated carbocycles. The van der Waals surface area contributed by atoms with Gasteiger partial charge in [-0.05, 0) is 51.1 Å². The molecule has 1 aliphatic heterocycles. The highest BCUT2D eigenvalue weighted by Gasteiger charge is 2.15. The minimum Gasteiger partial charge on any atom is -0.370 e. The molecule has 0 radical (unpaired) electrons. The van der Waals surface area contributed by atoms with Gasteiger partial charge < -0.3 is 9.80 Å². The third kappa shape index (κ3) is 4.07. The molecule has 2 aromatic heterocycles. The Morgan fingerprint density at radius 1 is 1.09 bits per heavy atom. The molecule has 0 amide bonds. The SMILES string of the molecule is Cc1cc(N2CCCN(CCCn3cccn3)CC2)ccn1. The summed E-state index contributed by atoms with van der Waals surface area (Å²) in [6.45, 7) is 8.80. The summed E-state index contributed by atoms with van der Waals surface area (Å²) in [4.78, 5) is 9.36. The average molecular weight is 299 g/mol. The number of nitrogens with zero attached hydrogens (tertiary/aromatic N) is 5. The van der Waals surface area contributed by atoms with E-state index in [-0.39, 0.29) is 0 Å². The van der Waals surface area contributed by atoms with Crippen molar-refractivity contribution in [2.45, 2.75) is 26.3 Å². The predicted octanol–water partition coefficient (Wildman–Crippen LogP) is 2.19. The molecule has 1 fully saturated rings. The van der Waals surface area contributed by atoms with E-state index in [2.05, 4.69) is 38.9 Å². The Labute approximate surface area is 132 Å². The van der Waals surface area contributed by atoms with Crippen LogP contribution in [0.2, 0.25) is 0 Å². The minimum absolute atomic E-state index is 1.01. The number of hydrogen-bond donors (Lipinski definition) is 0. The Morgan fingerprint density at radius 2 is 2.05 bits per heavy atom. The summed E-state index contributed by atoms with van der Waals surface area (Å²) in [7, 11) is 0. The summed E-state index contributed by atoms with van der Waals surface area (Å²) in [6, 6.07) is 6.30. The highest BCUT2D eigenvalue weighted by Crippen LogP contribution is 2.16. The summed E-state index contributed by atoms with van der Waals surface area (Å²) in [5.74, 6) is 0. The third-order valence-electron chi connectivity index (χ3n) is 4.25. The molecule has 118 valence electrons. The summed E-state index contributed by atoms with van der Waals surface area (Å²) >= 11 is 0. The molecule has 0 unspecified atom stereocenters. The van der Waals surface area contributed by atoms with Crippen LogP contribution < -0.4 is 4.90 Å². The number of hydrogen-bond acceptors (Lipinski definition) is 4. The van der Waals surface area contributed by atoms with Crippen LogP contribution in [-0.4, -0.2) is 52.4 Å². The number of aryl methyl sites for hydroxylation is 2. The van der Waals surface area contributed by atoms with Gasteiger partial charge in [0.2, 0.25) is 0 Å². The van der Waals surface area contributed by atoms with Crippen molar-refractivity contribution < 1.29 is 0 Å². The van der Waals surface area contributed by atoms with Gasteiger partial charge in [0, 0.05) is 56.2 Å². The normalized spacial score (nSPS) is 16.7. The summed E-state index contributed by atoms with van der Waals surface area (Å²) in [5, 5.41) is 4.26. The first-order valence-corrected chi connectivity index (χ1v) is 8.19. The number of rotatable bonds is 5. The molecule has 0 aromatic carbocycles. The Bertz CT molecular complexity index is 566. The zero-order chi connectivity index (χ0) is 15.2. The fraction of sp³-hybridized carbons (Fsp3) is 0.529. The van der Waals surface area contributed by atoms with E-state index in [1.54, 1.807) is 0 Å². The van der Waals surface area contributed by atoms with Gasteiger partial charge in [0.05, 0.1) is 0 Å². The average Bonchev–Trinajstić information content (AvgIpc) is 2.92. The lowest BCUT2D eigenvalue weighted by molar-refractivity contribution is 0.281. The second-order valence-electron chi connectivity index (χ2n) is 5.96. The largest absolute Gasteiger partial charge is 0.370 e. The Balaban J connectivity index is 1.47. The predicted molar refractivity (Wildman–Crippen MR) is 89.1 cm³/mol. The van der Waals surface area contributed by atoms with Gasteiger partial charge in [-0.2, -0.15) is 5.10 Å². The van der Waals surface area contributed by atoms with Crippen molar-refractivity contribution in [2.24, 2.45) is 0 Å². The summed E-state index contributed by atoms with van der Waals surface area (Å²) in [6.07, 6.45) is 8.19. The van der Waals surface area contributed by atoms with Crippen LogP contribution in [-0.2, 0) is 6.54 Å². The van der Waals surface area contributed by atoms with Crippen molar-refractivity contribution in [3.8, 4) is 0 Å². The number of pyridine rings is 1. The van der Waals surface area contributed by atoms with Crippen LogP contribution in [0, 0.1) is 6.92 Å². The van der Waals surface area contributed by atoms with Crippen LogP contribution in [0.15, 0.2) is 36.8 Å². The van der Waals surface area contributed by atoms with Crippen molar-refractivity contribution in [1.29, 1.82) is 0 Å². The molecular weight excluding hydrogens is 274 g/mol. The fourth-order valence-electron chi connectivity index (χ4n) is 3.07. The second-order valence-corrected chi connectivity index (χ2v) is 5.96. The maximum Gasteiger partial charge on any atom is 0.0489 e. The van der Waals surface area contributed by atoms with Crippen molar-refractivity contribution in [3.63, 3.8) is 0 Å². The number of aromatic nitrogens is 3. The van der Waals surface area contributed by atoms with Gasteiger partial charge in [-0.3, -0.25) is 9.67 Å². The maximum absolute atomic E-state index is 4.29. The van der Waals surface area contributed by atoms with Crippen molar-refractivity contribution >= 4 is 5.69 Å². The lowest BCUT2D eigenvalue weighted by Crippen LogP contribution is -2.31. The molecule has 1 saturated heterocycles. The molecule has 0 aliphatic carbocycles. The van der Waals surface area contributed by atoms with Gasteiger partial charge in [-0.15, -0.1) is 0 Å². The lowest BCUT2D eigenvalue weighted by Gasteiger charge is -2.23. The Hall–Kier alpha value is -1.88. The molecular formula is C17H25N5. The first kappa shape index (κ1) is 15.0. The van der Waals surface area contributed by atoms with Gasteiger partial charge in [0.1, 0.15) is 0 Å². The molecule has 2 aromatic rings. The molecule has 22 heavy (non-hydrogen) atoms. The molecule has 3 heterocycles. The maximum atomic E-state index is 4.29. The zero-order valence-corrected chi connectivity index (χ0v) is 13.4. The number of anilines is 1. The first-order chi connectivity index (χ1) is 10.8. The topological polar surface area (TPSA) is 37.2 Å². The van der Waals surface area contributed by atoms with Crippen LogP contribution >= 0.6 is 0 Å². The monoisotopic (exact) mass is 299 g/mol. The molecule has 1 aliphatic rings. The van der Waals surface area contributed by atoms with E-state index < -0.39 is 0 Å². The molecule has 0 N–H and O–H groups in total. The third-order valence-corrected chi connectivity index (χ3v) is 4.25. The molecule has 0 spiro atoms. The van der Waals surface area contributed by atoms with E-state index in [1.807, 2.05) is 29.3 Å². The smallest absolute Gasteiger partial charge is 0.0489 e. The van der Waals surface area contributed by atoms with E-state index in [0.29, 0.717) is 0 Å². The van der Waals surface area contributed by atoms with Crippen LogP contribution in [0.4, 0.5) is 5.69 Å². The standard InChI is InChI=1S/C17H25N5/c1-16-15-17(5-7-18-16)21-10-3-8-20(13-14-21)9-4-12-22-11-2-6-19-22/h2,5-7,11,15H,3-4,8-10,12-14H2,1H3. The molecule has 0 atom stereocenters. The van der Waals surface area contributed by atoms with Crippen LogP contribution in [0.25, 0.3) is 0 Å². The fourth-order valence-corrected chi connectivity index (χ4v) is 3.07. The van der Waals surface area contributed by atoms with E-state index in [9.17, 15) is 0 Å². The second kappa shape index (κ2) is 7.40. The van der Waals surface area contributed by atoms with Gasteiger partial charge in [0.15, 0.2) is 0 Å². The summed E-state index contributed by atoms with van der Waals surface area (Å²) < 4.78 is 2.02. The van der Waals surface area contributed by atoms with Gasteiger partial charge in [0.25, 0.3) is 0 Å². The zero-order valence-electron chi connectivity index (χ0n) is 13.4. The quantitative estimate of drug-likeness (QED) is 0.848. The van der Waals surface area contributed by atoms with Crippen LogP contribution in [0.1, 0.15) is 18.5 Å². The molecule has 0 bridgehead atoms. The van der Waals surface area contributed by atoms with Gasteiger partial charge in [-0.25, -0.2) is 0 Å². The molecule has 5 heteroatoms. The van der Waals surface area contributed by atoms with Gasteiger partial charge >= 0.3 is 0 Å². The molecule has 3 rings (SSSR count). The van der Waals surface area contributed by atoms with E-state index in [4.69, 9.17) is 0 Å². The van der Waals surface area contributed by atoms with Crippen molar-refractivity contribution in [2.75, 3.05) is 37.6 Å². The van der Waals surface area contributed by atoms with Gasteiger partial charge in [-0.1, -0.05) is 0 Å². The van der Waals surface area contributed by atoms with Crippen molar-refractivity contribution in [3.05, 3.63) is 42.5 Å². The first-order valence-electron chi connectivity index (χ1n) is 8.19. The Kier molecular flexibility index (Phi) is 5.06. The summed E-state index contributed by atoms with van der Waals surface area (Å²) in [5.41, 5.74) is 2.41. The highest BCUT2D eigenvalue weighted by atomic mass is 15.3. The van der Waals surface area contributed by atoms with Crippen LogP contribution in [0.3, 0.4) is 0 Å². The van der Waals surface area contributed by atoms with Crippen molar-refractivity contribution in [1.82, 2.24) is 19.7 Å². The van der Waals surface area contributed by atoms with E-state index in [0.717, 1.165) is 44.8 Å². The van der Waals surface area contributed by atoms with E-state index >= 15 is 0 Å². The minimum atomic E-state index is 1.01. The highest BCUT2D eigenvalue weighted by molar-refractivity contribution is 5.46.